The first-order valence-electron chi connectivity index (χ1n) is 6.98. The molecule has 1 aliphatic rings. The van der Waals surface area contributed by atoms with Gasteiger partial charge in [-0.25, -0.2) is 4.98 Å². The highest BCUT2D eigenvalue weighted by molar-refractivity contribution is 5.84. The highest BCUT2D eigenvalue weighted by atomic mass is 15.3. The normalized spacial score (nSPS) is 18.2. The lowest BCUT2D eigenvalue weighted by molar-refractivity contribution is 0.514. The summed E-state index contributed by atoms with van der Waals surface area (Å²) in [6.07, 6.45) is 2.46. The van der Waals surface area contributed by atoms with Crippen molar-refractivity contribution in [3.05, 3.63) is 35.9 Å². The molecule has 1 aromatic carbocycles. The van der Waals surface area contributed by atoms with Crippen LogP contribution in [0.15, 0.2) is 30.3 Å². The van der Waals surface area contributed by atoms with Gasteiger partial charge in [-0.15, -0.1) is 0 Å². The van der Waals surface area contributed by atoms with Gasteiger partial charge in [-0.2, -0.15) is 0 Å². The van der Waals surface area contributed by atoms with Gasteiger partial charge in [0.2, 0.25) is 0 Å². The van der Waals surface area contributed by atoms with Crippen LogP contribution in [0.5, 0.6) is 0 Å². The molecule has 3 nitrogen and oxygen atoms in total. The van der Waals surface area contributed by atoms with Crippen molar-refractivity contribution in [2.75, 3.05) is 11.4 Å². The quantitative estimate of drug-likeness (QED) is 0.896. The van der Waals surface area contributed by atoms with Crippen molar-refractivity contribution < 1.29 is 0 Å². The Morgan fingerprint density at radius 1 is 1.32 bits per heavy atom. The fourth-order valence-electron chi connectivity index (χ4n) is 3.07. The van der Waals surface area contributed by atoms with Gasteiger partial charge in [0, 0.05) is 24.0 Å². The molecule has 0 aliphatic carbocycles. The Labute approximate surface area is 114 Å². The van der Waals surface area contributed by atoms with Crippen molar-refractivity contribution in [2.24, 2.45) is 5.73 Å². The van der Waals surface area contributed by atoms with E-state index in [2.05, 4.69) is 36.9 Å². The Balaban J connectivity index is 2.15. The number of para-hydroxylation sites is 1. The molecule has 19 heavy (non-hydrogen) atoms. The molecule has 0 unspecified atom stereocenters. The summed E-state index contributed by atoms with van der Waals surface area (Å²) in [6, 6.07) is 10.4. The molecule has 0 atom stereocenters. The van der Waals surface area contributed by atoms with Crippen LogP contribution in [-0.2, 0) is 6.54 Å². The fourth-order valence-corrected chi connectivity index (χ4v) is 3.07. The number of hydrogen-bond acceptors (Lipinski definition) is 3. The van der Waals surface area contributed by atoms with Crippen LogP contribution in [-0.4, -0.2) is 17.1 Å². The number of aromatic nitrogens is 1. The van der Waals surface area contributed by atoms with E-state index in [4.69, 9.17) is 10.7 Å². The van der Waals surface area contributed by atoms with Gasteiger partial charge in [0.15, 0.2) is 0 Å². The smallest absolute Gasteiger partial charge is 0.130 e. The van der Waals surface area contributed by atoms with Crippen LogP contribution in [0, 0.1) is 0 Å². The van der Waals surface area contributed by atoms with Crippen LogP contribution < -0.4 is 10.6 Å². The lowest BCUT2D eigenvalue weighted by atomic mass is 10.0. The van der Waals surface area contributed by atoms with Gasteiger partial charge in [0.25, 0.3) is 0 Å². The Bertz CT molecular complexity index is 604. The van der Waals surface area contributed by atoms with E-state index in [1.54, 1.807) is 0 Å². The van der Waals surface area contributed by atoms with Crippen molar-refractivity contribution >= 4 is 16.7 Å². The molecule has 0 spiro atoms. The summed E-state index contributed by atoms with van der Waals surface area (Å²) < 4.78 is 0. The first kappa shape index (κ1) is 12.4. The molecule has 3 rings (SSSR count). The molecule has 100 valence electrons. The predicted octanol–water partition coefficient (Wildman–Crippen LogP) is 3.07. The third kappa shape index (κ3) is 2.08. The summed E-state index contributed by atoms with van der Waals surface area (Å²) in [4.78, 5) is 7.25. The molecule has 0 saturated carbocycles. The van der Waals surface area contributed by atoms with Crippen LogP contribution in [0.4, 0.5) is 5.82 Å². The molecule has 1 fully saturated rings. The molecule has 1 aliphatic heterocycles. The molecule has 0 radical (unpaired) electrons. The zero-order chi connectivity index (χ0) is 13.5. The molecule has 2 aromatic rings. The van der Waals surface area contributed by atoms with Crippen molar-refractivity contribution in [1.29, 1.82) is 0 Å². The first-order chi connectivity index (χ1) is 9.12. The van der Waals surface area contributed by atoms with Crippen molar-refractivity contribution in [3.63, 3.8) is 0 Å². The Morgan fingerprint density at radius 3 is 2.79 bits per heavy atom. The van der Waals surface area contributed by atoms with Gasteiger partial charge in [0.05, 0.1) is 5.52 Å². The second kappa shape index (κ2) is 4.49. The Morgan fingerprint density at radius 2 is 2.11 bits per heavy atom. The maximum absolute atomic E-state index is 5.90. The highest BCUT2D eigenvalue weighted by Crippen LogP contribution is 2.34. The number of fused-ring (bicyclic) bond motifs is 1. The number of nitrogens with zero attached hydrogens (tertiary/aromatic N) is 2. The monoisotopic (exact) mass is 255 g/mol. The standard InChI is InChI=1S/C16H21N3/c1-16(2)8-5-9-19(16)15-10-12(11-17)13-6-3-4-7-14(13)18-15/h3-4,6-7,10H,5,8-9,11,17H2,1-2H3. The van der Waals surface area contributed by atoms with Crippen LogP contribution in [0.1, 0.15) is 32.3 Å². The zero-order valence-corrected chi connectivity index (χ0v) is 11.7. The molecular formula is C16H21N3. The minimum Gasteiger partial charge on any atom is -0.351 e. The maximum Gasteiger partial charge on any atom is 0.130 e. The molecule has 1 saturated heterocycles. The lowest BCUT2D eigenvalue weighted by Gasteiger charge is -2.33. The second-order valence-electron chi connectivity index (χ2n) is 5.93. The number of nitrogens with two attached hydrogens (primary N) is 1. The van der Waals surface area contributed by atoms with Gasteiger partial charge in [-0.05, 0) is 44.4 Å². The molecule has 2 N–H and O–H groups in total. The summed E-state index contributed by atoms with van der Waals surface area (Å²) in [6.45, 7) is 6.23. The van der Waals surface area contributed by atoms with Crippen LogP contribution >= 0.6 is 0 Å². The van der Waals surface area contributed by atoms with Gasteiger partial charge in [0.1, 0.15) is 5.82 Å². The fraction of sp³-hybridized carbons (Fsp3) is 0.438. The average molecular weight is 255 g/mol. The van der Waals surface area contributed by atoms with E-state index in [0.29, 0.717) is 6.54 Å². The summed E-state index contributed by atoms with van der Waals surface area (Å²) >= 11 is 0. The van der Waals surface area contributed by atoms with Gasteiger partial charge in [-0.1, -0.05) is 18.2 Å². The molecule has 0 bridgehead atoms. The van der Waals surface area contributed by atoms with E-state index in [0.717, 1.165) is 17.9 Å². The SMILES string of the molecule is CC1(C)CCCN1c1cc(CN)c2ccccc2n1. The van der Waals surface area contributed by atoms with E-state index in [9.17, 15) is 0 Å². The summed E-state index contributed by atoms with van der Waals surface area (Å²) in [5, 5.41) is 1.17. The van der Waals surface area contributed by atoms with Gasteiger partial charge in [-0.3, -0.25) is 0 Å². The predicted molar refractivity (Wildman–Crippen MR) is 80.3 cm³/mol. The highest BCUT2D eigenvalue weighted by Gasteiger charge is 2.33. The topological polar surface area (TPSA) is 42.1 Å². The maximum atomic E-state index is 5.90. The lowest BCUT2D eigenvalue weighted by Crippen LogP contribution is -2.38. The minimum absolute atomic E-state index is 0.196. The third-order valence-electron chi connectivity index (χ3n) is 4.19. The number of benzene rings is 1. The zero-order valence-electron chi connectivity index (χ0n) is 11.7. The Hall–Kier alpha value is -1.61. The van der Waals surface area contributed by atoms with Crippen LogP contribution in [0.3, 0.4) is 0 Å². The molecular weight excluding hydrogens is 234 g/mol. The largest absolute Gasteiger partial charge is 0.351 e. The van der Waals surface area contributed by atoms with E-state index < -0.39 is 0 Å². The third-order valence-corrected chi connectivity index (χ3v) is 4.19. The van der Waals surface area contributed by atoms with Crippen molar-refractivity contribution in [3.8, 4) is 0 Å². The van der Waals surface area contributed by atoms with Gasteiger partial charge < -0.3 is 10.6 Å². The average Bonchev–Trinajstić information content (AvgIpc) is 2.77. The summed E-state index contributed by atoms with van der Waals surface area (Å²) in [5.41, 5.74) is 8.33. The molecule has 1 aromatic heterocycles. The van der Waals surface area contributed by atoms with E-state index in [1.807, 2.05) is 12.1 Å². The molecule has 0 amide bonds. The Kier molecular flexibility index (Phi) is 2.94. The van der Waals surface area contributed by atoms with Crippen molar-refractivity contribution in [1.82, 2.24) is 4.98 Å². The first-order valence-corrected chi connectivity index (χ1v) is 6.98. The van der Waals surface area contributed by atoms with Gasteiger partial charge >= 0.3 is 0 Å². The molecule has 2 heterocycles. The number of anilines is 1. The summed E-state index contributed by atoms with van der Waals surface area (Å²) in [7, 11) is 0. The van der Waals surface area contributed by atoms with Crippen molar-refractivity contribution in [2.45, 2.75) is 38.8 Å². The second-order valence-corrected chi connectivity index (χ2v) is 5.93. The van der Waals surface area contributed by atoms with E-state index in [-0.39, 0.29) is 5.54 Å². The van der Waals surface area contributed by atoms with Crippen LogP contribution in [0.2, 0.25) is 0 Å². The van der Waals surface area contributed by atoms with E-state index in [1.165, 1.54) is 23.8 Å². The van der Waals surface area contributed by atoms with Crippen LogP contribution in [0.25, 0.3) is 10.9 Å². The summed E-state index contributed by atoms with van der Waals surface area (Å²) in [5.74, 6) is 1.07. The number of pyridine rings is 1. The number of rotatable bonds is 2. The minimum atomic E-state index is 0.196. The molecule has 3 heteroatoms. The van der Waals surface area contributed by atoms with E-state index >= 15 is 0 Å². The number of hydrogen-bond donors (Lipinski definition) is 1.